The fourth-order valence-corrected chi connectivity index (χ4v) is 4.42. The smallest absolute Gasteiger partial charge is 0.406 e. The highest BCUT2D eigenvalue weighted by Gasteiger charge is 2.31. The van der Waals surface area contributed by atoms with E-state index in [2.05, 4.69) is 20.4 Å². The van der Waals surface area contributed by atoms with Crippen molar-refractivity contribution in [2.45, 2.75) is 24.6 Å². The number of rotatable bonds is 7. The van der Waals surface area contributed by atoms with Gasteiger partial charge in [0.2, 0.25) is 15.9 Å². The molecule has 11 heteroatoms. The largest absolute Gasteiger partial charge is 0.573 e. The molecule has 174 valence electrons. The number of aryl methyl sites for hydroxylation is 1. The monoisotopic (exact) mass is 471 g/mol. The molecule has 1 saturated heterocycles. The van der Waals surface area contributed by atoms with Crippen LogP contribution in [0.5, 0.6) is 5.75 Å². The van der Waals surface area contributed by atoms with Gasteiger partial charge >= 0.3 is 6.36 Å². The van der Waals surface area contributed by atoms with Gasteiger partial charge in [0.25, 0.3) is 0 Å². The highest BCUT2D eigenvalue weighted by Crippen LogP contribution is 2.24. The maximum Gasteiger partial charge on any atom is 0.573 e. The molecule has 0 aromatic heterocycles. The topological polar surface area (TPSA) is 79.0 Å². The fourth-order valence-electron chi connectivity index (χ4n) is 3.39. The number of amides is 1. The van der Waals surface area contributed by atoms with Gasteiger partial charge in [-0.2, -0.15) is 0 Å². The first kappa shape index (κ1) is 23.9. The minimum atomic E-state index is -4.86. The molecule has 0 spiro atoms. The Bertz CT molecular complexity index is 1040. The minimum absolute atomic E-state index is 0.0149. The van der Waals surface area contributed by atoms with Crippen LogP contribution in [-0.2, 0) is 14.8 Å². The second-order valence-corrected chi connectivity index (χ2v) is 9.14. The van der Waals surface area contributed by atoms with Gasteiger partial charge in [-0.3, -0.25) is 4.79 Å². The SMILES string of the molecule is Cc1cccc(N2CCN(C(=O)CCNS(=O)(=O)c3ccc(OC(F)(F)F)cc3)CC2)c1. The molecule has 1 fully saturated rings. The lowest BCUT2D eigenvalue weighted by atomic mass is 10.2. The number of carbonyl (C=O) groups excluding carboxylic acids is 1. The summed E-state index contributed by atoms with van der Waals surface area (Å²) in [7, 11) is -3.96. The Hall–Kier alpha value is -2.79. The second kappa shape index (κ2) is 9.78. The number of hydrogen-bond acceptors (Lipinski definition) is 5. The van der Waals surface area contributed by atoms with Crippen molar-refractivity contribution in [2.24, 2.45) is 0 Å². The van der Waals surface area contributed by atoms with Crippen LogP contribution in [0.2, 0.25) is 0 Å². The van der Waals surface area contributed by atoms with E-state index in [0.717, 1.165) is 35.5 Å². The molecule has 0 radical (unpaired) electrons. The molecule has 1 amide bonds. The van der Waals surface area contributed by atoms with Gasteiger partial charge in [0.15, 0.2) is 0 Å². The van der Waals surface area contributed by atoms with Gasteiger partial charge in [0.05, 0.1) is 4.90 Å². The number of benzene rings is 2. The van der Waals surface area contributed by atoms with Crippen LogP contribution in [0.4, 0.5) is 18.9 Å². The molecule has 0 saturated carbocycles. The van der Waals surface area contributed by atoms with Crippen LogP contribution in [0.1, 0.15) is 12.0 Å². The van der Waals surface area contributed by atoms with Gasteiger partial charge in [-0.15, -0.1) is 13.2 Å². The number of hydrogen-bond donors (Lipinski definition) is 1. The summed E-state index contributed by atoms with van der Waals surface area (Å²) < 4.78 is 67.3. The lowest BCUT2D eigenvalue weighted by Gasteiger charge is -2.36. The highest BCUT2D eigenvalue weighted by molar-refractivity contribution is 7.89. The molecule has 1 aliphatic rings. The van der Waals surface area contributed by atoms with Gasteiger partial charge in [-0.25, -0.2) is 13.1 Å². The Labute approximate surface area is 184 Å². The lowest BCUT2D eigenvalue weighted by Crippen LogP contribution is -2.49. The zero-order valence-electron chi connectivity index (χ0n) is 17.4. The van der Waals surface area contributed by atoms with Crippen molar-refractivity contribution in [3.05, 3.63) is 54.1 Å². The van der Waals surface area contributed by atoms with Crippen molar-refractivity contribution in [1.29, 1.82) is 0 Å². The normalized spacial score (nSPS) is 15.0. The van der Waals surface area contributed by atoms with E-state index in [9.17, 15) is 26.4 Å². The van der Waals surface area contributed by atoms with Gasteiger partial charge in [-0.1, -0.05) is 12.1 Å². The number of sulfonamides is 1. The van der Waals surface area contributed by atoms with Crippen molar-refractivity contribution in [2.75, 3.05) is 37.6 Å². The van der Waals surface area contributed by atoms with E-state index in [1.165, 1.54) is 0 Å². The average Bonchev–Trinajstić information content (AvgIpc) is 2.73. The maximum atomic E-state index is 12.4. The molecule has 0 unspecified atom stereocenters. The predicted molar refractivity (Wildman–Crippen MR) is 113 cm³/mol. The van der Waals surface area contributed by atoms with Crippen LogP contribution in [-0.4, -0.2) is 58.3 Å². The summed E-state index contributed by atoms with van der Waals surface area (Å²) in [5, 5.41) is 0. The molecule has 7 nitrogen and oxygen atoms in total. The molecule has 0 atom stereocenters. The first-order valence-corrected chi connectivity index (χ1v) is 11.5. The Kier molecular flexibility index (Phi) is 7.29. The fraction of sp³-hybridized carbons (Fsp3) is 0.381. The number of anilines is 1. The van der Waals surface area contributed by atoms with E-state index >= 15 is 0 Å². The van der Waals surface area contributed by atoms with Gasteiger partial charge in [0, 0.05) is 44.8 Å². The van der Waals surface area contributed by atoms with E-state index < -0.39 is 22.1 Å². The van der Waals surface area contributed by atoms with Crippen LogP contribution < -0.4 is 14.4 Å². The van der Waals surface area contributed by atoms with Crippen LogP contribution in [0.25, 0.3) is 0 Å². The summed E-state index contributed by atoms with van der Waals surface area (Å²) >= 11 is 0. The molecule has 32 heavy (non-hydrogen) atoms. The zero-order chi connectivity index (χ0) is 23.4. The van der Waals surface area contributed by atoms with E-state index in [0.29, 0.717) is 26.2 Å². The zero-order valence-corrected chi connectivity index (χ0v) is 18.2. The summed E-state index contributed by atoms with van der Waals surface area (Å²) in [6.07, 6.45) is -4.87. The van der Waals surface area contributed by atoms with E-state index in [4.69, 9.17) is 0 Å². The van der Waals surface area contributed by atoms with Crippen molar-refractivity contribution in [1.82, 2.24) is 9.62 Å². The third kappa shape index (κ3) is 6.60. The number of nitrogens with zero attached hydrogens (tertiary/aromatic N) is 2. The first-order chi connectivity index (χ1) is 15.0. The quantitative estimate of drug-likeness (QED) is 0.672. The van der Waals surface area contributed by atoms with Crippen LogP contribution in [0.3, 0.4) is 0 Å². The predicted octanol–water partition coefficient (Wildman–Crippen LogP) is 2.91. The molecular formula is C21H24F3N3O4S. The standard InChI is InChI=1S/C21H24F3N3O4S/c1-16-3-2-4-17(15-16)26-11-13-27(14-12-26)20(28)9-10-25-32(29,30)19-7-5-18(6-8-19)31-21(22,23)24/h2-8,15,25H,9-14H2,1H3. The number of ether oxygens (including phenoxy) is 1. The molecule has 3 rings (SSSR count). The average molecular weight is 472 g/mol. The number of nitrogens with one attached hydrogen (secondary N) is 1. The number of alkyl halides is 3. The Balaban J connectivity index is 1.46. The molecular weight excluding hydrogens is 447 g/mol. The van der Waals surface area contributed by atoms with Crippen molar-refractivity contribution in [3.63, 3.8) is 0 Å². The Morgan fingerprint density at radius 1 is 1.06 bits per heavy atom. The van der Waals surface area contributed by atoms with Crippen molar-refractivity contribution >= 4 is 21.6 Å². The van der Waals surface area contributed by atoms with Crippen molar-refractivity contribution in [3.8, 4) is 5.75 Å². The number of piperazine rings is 1. The summed E-state index contributed by atoms with van der Waals surface area (Å²) in [4.78, 5) is 16.1. The third-order valence-corrected chi connectivity index (χ3v) is 6.47. The van der Waals surface area contributed by atoms with Crippen LogP contribution in [0, 0.1) is 6.92 Å². The maximum absolute atomic E-state index is 12.4. The Morgan fingerprint density at radius 2 is 1.72 bits per heavy atom. The van der Waals surface area contributed by atoms with Crippen molar-refractivity contribution < 1.29 is 31.1 Å². The van der Waals surface area contributed by atoms with Gasteiger partial charge in [0.1, 0.15) is 5.75 Å². The molecule has 0 aliphatic carbocycles. The summed E-state index contributed by atoms with van der Waals surface area (Å²) in [5.74, 6) is -0.679. The van der Waals surface area contributed by atoms with Gasteiger partial charge < -0.3 is 14.5 Å². The number of halogens is 3. The molecule has 2 aromatic carbocycles. The Morgan fingerprint density at radius 3 is 2.31 bits per heavy atom. The molecule has 1 N–H and O–H groups in total. The molecule has 1 aliphatic heterocycles. The van der Waals surface area contributed by atoms with Gasteiger partial charge in [-0.05, 0) is 48.9 Å². The van der Waals surface area contributed by atoms with E-state index in [1.807, 2.05) is 25.1 Å². The first-order valence-electron chi connectivity index (χ1n) is 9.98. The lowest BCUT2D eigenvalue weighted by molar-refractivity contribution is -0.274. The van der Waals surface area contributed by atoms with Crippen LogP contribution in [0.15, 0.2) is 53.4 Å². The highest BCUT2D eigenvalue weighted by atomic mass is 32.2. The molecule has 0 bridgehead atoms. The second-order valence-electron chi connectivity index (χ2n) is 7.37. The van der Waals surface area contributed by atoms with E-state index in [-0.39, 0.29) is 23.8 Å². The molecule has 1 heterocycles. The summed E-state index contributed by atoms with van der Waals surface area (Å²) in [6.45, 7) is 4.37. The van der Waals surface area contributed by atoms with E-state index in [1.54, 1.807) is 4.90 Å². The summed E-state index contributed by atoms with van der Waals surface area (Å²) in [5.41, 5.74) is 2.27. The summed E-state index contributed by atoms with van der Waals surface area (Å²) in [6, 6.07) is 12.0. The third-order valence-electron chi connectivity index (χ3n) is 5.00. The van der Waals surface area contributed by atoms with Crippen LogP contribution >= 0.6 is 0 Å². The minimum Gasteiger partial charge on any atom is -0.406 e. The number of carbonyl (C=O) groups is 1. The molecule has 2 aromatic rings.